The molecule has 2 atom stereocenters. The van der Waals surface area contributed by atoms with Crippen LogP contribution in [0.5, 0.6) is 0 Å². The van der Waals surface area contributed by atoms with Gasteiger partial charge in [-0.25, -0.2) is 0 Å². The van der Waals surface area contributed by atoms with Gasteiger partial charge in [-0.2, -0.15) is 11.8 Å². The van der Waals surface area contributed by atoms with E-state index in [0.717, 1.165) is 24.6 Å². The quantitative estimate of drug-likeness (QED) is 0.497. The summed E-state index contributed by atoms with van der Waals surface area (Å²) in [6.07, 6.45) is -0.180. The number of nitrogens with one attached hydrogen (secondary N) is 1. The van der Waals surface area contributed by atoms with Gasteiger partial charge < -0.3 is 20.3 Å². The number of aliphatic hydroxyl groups is 2. The second kappa shape index (κ2) is 7.48. The molecule has 84 valence electrons. The number of hydrogen-bond donors (Lipinski definition) is 3. The molecule has 1 unspecified atom stereocenters. The van der Waals surface area contributed by atoms with Gasteiger partial charge in [0.2, 0.25) is 0 Å². The predicted molar refractivity (Wildman–Crippen MR) is 57.6 cm³/mol. The van der Waals surface area contributed by atoms with Crippen LogP contribution in [0.3, 0.4) is 0 Å². The van der Waals surface area contributed by atoms with Gasteiger partial charge in [0.1, 0.15) is 0 Å². The van der Waals surface area contributed by atoms with Crippen molar-refractivity contribution in [3.05, 3.63) is 0 Å². The van der Waals surface area contributed by atoms with Crippen LogP contribution in [0.15, 0.2) is 0 Å². The van der Waals surface area contributed by atoms with Crippen molar-refractivity contribution in [2.45, 2.75) is 6.10 Å². The maximum atomic E-state index is 9.49. The molecule has 1 saturated heterocycles. The summed E-state index contributed by atoms with van der Waals surface area (Å²) in [5, 5.41) is 21.1. The SMILES string of the molecule is OCCOCCSC[C@H]1CNCC1O. The van der Waals surface area contributed by atoms with Crippen molar-refractivity contribution >= 4 is 11.8 Å². The van der Waals surface area contributed by atoms with Crippen molar-refractivity contribution < 1.29 is 14.9 Å². The Morgan fingerprint density at radius 3 is 2.86 bits per heavy atom. The van der Waals surface area contributed by atoms with Crippen molar-refractivity contribution in [1.29, 1.82) is 0 Å². The molecule has 3 N–H and O–H groups in total. The number of β-amino-alcohol motifs (C(OH)–C–C–N with tert-alkyl or cyclic N) is 1. The van der Waals surface area contributed by atoms with Crippen LogP contribution < -0.4 is 5.32 Å². The maximum Gasteiger partial charge on any atom is 0.0712 e. The van der Waals surface area contributed by atoms with Gasteiger partial charge in [-0.15, -0.1) is 0 Å². The molecule has 1 aliphatic rings. The first kappa shape index (κ1) is 12.3. The zero-order valence-electron chi connectivity index (χ0n) is 8.32. The molecule has 0 aromatic carbocycles. The summed E-state index contributed by atoms with van der Waals surface area (Å²) < 4.78 is 5.13. The van der Waals surface area contributed by atoms with Gasteiger partial charge in [-0.1, -0.05) is 0 Å². The summed E-state index contributed by atoms with van der Waals surface area (Å²) >= 11 is 1.80. The average molecular weight is 221 g/mol. The molecule has 1 fully saturated rings. The lowest BCUT2D eigenvalue weighted by Crippen LogP contribution is -2.20. The summed E-state index contributed by atoms with van der Waals surface area (Å²) in [6, 6.07) is 0. The smallest absolute Gasteiger partial charge is 0.0712 e. The Morgan fingerprint density at radius 1 is 1.36 bits per heavy atom. The van der Waals surface area contributed by atoms with Crippen molar-refractivity contribution in [2.75, 3.05) is 44.4 Å². The van der Waals surface area contributed by atoms with Crippen LogP contribution in [0.1, 0.15) is 0 Å². The minimum absolute atomic E-state index is 0.0932. The van der Waals surface area contributed by atoms with E-state index in [1.54, 1.807) is 11.8 Å². The highest BCUT2D eigenvalue weighted by atomic mass is 32.2. The molecule has 0 aliphatic carbocycles. The van der Waals surface area contributed by atoms with Gasteiger partial charge in [-0.05, 0) is 5.75 Å². The van der Waals surface area contributed by atoms with Crippen molar-refractivity contribution in [2.24, 2.45) is 5.92 Å². The van der Waals surface area contributed by atoms with Crippen LogP contribution in [-0.2, 0) is 4.74 Å². The fourth-order valence-corrected chi connectivity index (χ4v) is 2.45. The largest absolute Gasteiger partial charge is 0.394 e. The minimum Gasteiger partial charge on any atom is -0.394 e. The summed E-state index contributed by atoms with van der Waals surface area (Å²) in [4.78, 5) is 0. The molecule has 0 aromatic heterocycles. The number of hydrogen-bond acceptors (Lipinski definition) is 5. The molecule has 0 amide bonds. The first-order valence-electron chi connectivity index (χ1n) is 4.99. The number of aliphatic hydroxyl groups excluding tert-OH is 2. The van der Waals surface area contributed by atoms with Crippen LogP contribution in [0.2, 0.25) is 0 Å². The lowest BCUT2D eigenvalue weighted by Gasteiger charge is -2.12. The van der Waals surface area contributed by atoms with Gasteiger partial charge in [0, 0.05) is 24.8 Å². The molecule has 1 rings (SSSR count). The third kappa shape index (κ3) is 4.61. The topological polar surface area (TPSA) is 61.7 Å². The van der Waals surface area contributed by atoms with Crippen molar-refractivity contribution in [3.8, 4) is 0 Å². The van der Waals surface area contributed by atoms with Gasteiger partial charge in [0.15, 0.2) is 0 Å². The Bertz CT molecular complexity index is 148. The molecule has 14 heavy (non-hydrogen) atoms. The molecular formula is C9H19NO3S. The van der Waals surface area contributed by atoms with Gasteiger partial charge >= 0.3 is 0 Å². The molecule has 1 heterocycles. The standard InChI is InChI=1S/C9H19NO3S/c11-1-2-13-3-4-14-7-8-5-10-6-9(8)12/h8-12H,1-7H2/t8-,9?/m1/s1. The second-order valence-electron chi connectivity index (χ2n) is 3.40. The normalized spacial score (nSPS) is 27.0. The van der Waals surface area contributed by atoms with E-state index >= 15 is 0 Å². The van der Waals surface area contributed by atoms with Gasteiger partial charge in [-0.3, -0.25) is 0 Å². The summed E-state index contributed by atoms with van der Waals surface area (Å²) in [5.74, 6) is 2.30. The molecular weight excluding hydrogens is 202 g/mol. The Labute approximate surface area is 89.0 Å². The monoisotopic (exact) mass is 221 g/mol. The Balaban J connectivity index is 1.88. The van der Waals surface area contributed by atoms with E-state index in [0.29, 0.717) is 19.1 Å². The van der Waals surface area contributed by atoms with Crippen LogP contribution in [-0.4, -0.2) is 60.7 Å². The van der Waals surface area contributed by atoms with E-state index in [4.69, 9.17) is 9.84 Å². The van der Waals surface area contributed by atoms with Gasteiger partial charge in [0.05, 0.1) is 25.9 Å². The van der Waals surface area contributed by atoms with E-state index in [1.165, 1.54) is 0 Å². The average Bonchev–Trinajstić information content (AvgIpc) is 2.58. The molecule has 5 heteroatoms. The molecule has 0 bridgehead atoms. The minimum atomic E-state index is -0.180. The van der Waals surface area contributed by atoms with E-state index in [1.807, 2.05) is 0 Å². The molecule has 0 radical (unpaired) electrons. The Hall–Kier alpha value is 0.190. The highest BCUT2D eigenvalue weighted by Crippen LogP contribution is 2.15. The molecule has 1 aliphatic heterocycles. The summed E-state index contributed by atoms with van der Waals surface area (Å²) in [7, 11) is 0. The zero-order chi connectivity index (χ0) is 10.2. The van der Waals surface area contributed by atoms with E-state index in [-0.39, 0.29) is 12.7 Å². The first-order valence-corrected chi connectivity index (χ1v) is 6.15. The number of ether oxygens (including phenoxy) is 1. The third-order valence-corrected chi connectivity index (χ3v) is 3.36. The van der Waals surface area contributed by atoms with Crippen LogP contribution in [0.4, 0.5) is 0 Å². The van der Waals surface area contributed by atoms with Gasteiger partial charge in [0.25, 0.3) is 0 Å². The lowest BCUT2D eigenvalue weighted by molar-refractivity contribution is 0.103. The molecule has 0 aromatic rings. The molecule has 0 spiro atoms. The lowest BCUT2D eigenvalue weighted by atomic mass is 10.1. The fraction of sp³-hybridized carbons (Fsp3) is 1.00. The maximum absolute atomic E-state index is 9.49. The second-order valence-corrected chi connectivity index (χ2v) is 4.55. The summed E-state index contributed by atoms with van der Waals surface area (Å²) in [5.41, 5.74) is 0. The van der Waals surface area contributed by atoms with Crippen molar-refractivity contribution in [3.63, 3.8) is 0 Å². The van der Waals surface area contributed by atoms with E-state index in [2.05, 4.69) is 5.32 Å². The fourth-order valence-electron chi connectivity index (χ4n) is 1.41. The van der Waals surface area contributed by atoms with E-state index < -0.39 is 0 Å². The van der Waals surface area contributed by atoms with Crippen LogP contribution in [0.25, 0.3) is 0 Å². The zero-order valence-corrected chi connectivity index (χ0v) is 9.13. The van der Waals surface area contributed by atoms with Crippen LogP contribution >= 0.6 is 11.8 Å². The Morgan fingerprint density at radius 2 is 2.21 bits per heavy atom. The van der Waals surface area contributed by atoms with Crippen molar-refractivity contribution in [1.82, 2.24) is 5.32 Å². The Kier molecular flexibility index (Phi) is 6.55. The number of rotatable bonds is 7. The molecule has 0 saturated carbocycles. The van der Waals surface area contributed by atoms with Crippen LogP contribution in [0, 0.1) is 5.92 Å². The third-order valence-electron chi connectivity index (χ3n) is 2.24. The highest BCUT2D eigenvalue weighted by molar-refractivity contribution is 7.99. The van der Waals surface area contributed by atoms with E-state index in [9.17, 15) is 5.11 Å². The summed E-state index contributed by atoms with van der Waals surface area (Å²) in [6.45, 7) is 2.85. The highest BCUT2D eigenvalue weighted by Gasteiger charge is 2.24. The molecule has 4 nitrogen and oxygen atoms in total. The first-order chi connectivity index (χ1) is 6.84. The number of thioether (sulfide) groups is 1. The predicted octanol–water partition coefficient (Wildman–Crippen LogP) is -0.691.